The number of carbonyl (C=O) groups is 1. The maximum Gasteiger partial charge on any atom is 0.254 e. The van der Waals surface area contributed by atoms with Crippen molar-refractivity contribution in [3.63, 3.8) is 0 Å². The fourth-order valence-electron chi connectivity index (χ4n) is 2.09. The van der Waals surface area contributed by atoms with Crippen molar-refractivity contribution in [3.05, 3.63) is 22.8 Å². The smallest absolute Gasteiger partial charge is 0.254 e. The van der Waals surface area contributed by atoms with E-state index in [9.17, 15) is 4.79 Å². The van der Waals surface area contributed by atoms with Gasteiger partial charge in [0, 0.05) is 18.2 Å². The van der Waals surface area contributed by atoms with E-state index in [-0.39, 0.29) is 29.5 Å². The number of aliphatic hydroxyl groups excluding tert-OH is 1. The summed E-state index contributed by atoms with van der Waals surface area (Å²) in [5, 5.41) is 9.32. The van der Waals surface area contributed by atoms with Gasteiger partial charge in [-0.15, -0.1) is 0 Å². The number of nitrogens with two attached hydrogens (primary N) is 1. The number of anilines is 1. The van der Waals surface area contributed by atoms with E-state index in [1.54, 1.807) is 4.90 Å². The first kappa shape index (κ1) is 15.7. The highest BCUT2D eigenvalue weighted by Crippen LogP contribution is 2.17. The Kier molecular flexibility index (Phi) is 6.05. The number of hydrogen-bond donors (Lipinski definition) is 2. The number of hydrogen-bond acceptors (Lipinski definition) is 4. The first-order chi connectivity index (χ1) is 9.03. The number of halogens is 1. The Hall–Kier alpha value is -1.33. The van der Waals surface area contributed by atoms with Crippen molar-refractivity contribution in [2.75, 3.05) is 18.9 Å². The van der Waals surface area contributed by atoms with Gasteiger partial charge in [0.05, 0.1) is 6.61 Å². The third-order valence-corrected chi connectivity index (χ3v) is 3.24. The molecule has 0 atom stereocenters. The number of pyridine rings is 1. The molecule has 106 valence electrons. The minimum Gasteiger partial charge on any atom is -0.395 e. The summed E-state index contributed by atoms with van der Waals surface area (Å²) < 4.78 is 0. The molecule has 0 saturated heterocycles. The van der Waals surface area contributed by atoms with Crippen LogP contribution in [0.2, 0.25) is 5.15 Å². The van der Waals surface area contributed by atoms with Crippen LogP contribution in [0.1, 0.15) is 37.0 Å². The molecule has 1 rings (SSSR count). The number of nitrogens with zero attached hydrogens (tertiary/aromatic N) is 2. The van der Waals surface area contributed by atoms with Gasteiger partial charge < -0.3 is 15.7 Å². The monoisotopic (exact) mass is 285 g/mol. The molecule has 0 aliphatic rings. The summed E-state index contributed by atoms with van der Waals surface area (Å²) in [6, 6.07) is 3.08. The Morgan fingerprint density at radius 2 is 2.11 bits per heavy atom. The molecule has 1 aromatic heterocycles. The number of rotatable bonds is 6. The van der Waals surface area contributed by atoms with E-state index in [1.807, 2.05) is 13.8 Å². The average molecular weight is 286 g/mol. The molecule has 0 unspecified atom stereocenters. The van der Waals surface area contributed by atoms with Crippen LogP contribution in [-0.2, 0) is 0 Å². The Balaban J connectivity index is 3.04. The molecule has 19 heavy (non-hydrogen) atoms. The fraction of sp³-hybridized carbons (Fsp3) is 0.538. The summed E-state index contributed by atoms with van der Waals surface area (Å²) in [6.07, 6.45) is 1.66. The van der Waals surface area contributed by atoms with Gasteiger partial charge in [0.2, 0.25) is 0 Å². The topological polar surface area (TPSA) is 79.5 Å². The summed E-state index contributed by atoms with van der Waals surface area (Å²) in [5.74, 6) is 0.0306. The van der Waals surface area contributed by atoms with E-state index < -0.39 is 0 Å². The predicted molar refractivity (Wildman–Crippen MR) is 76.2 cm³/mol. The second-order valence-corrected chi connectivity index (χ2v) is 4.68. The van der Waals surface area contributed by atoms with E-state index in [0.29, 0.717) is 12.1 Å². The van der Waals surface area contributed by atoms with E-state index >= 15 is 0 Å². The zero-order chi connectivity index (χ0) is 14.4. The molecule has 0 radical (unpaired) electrons. The van der Waals surface area contributed by atoms with Crippen LogP contribution in [0, 0.1) is 0 Å². The number of amides is 1. The van der Waals surface area contributed by atoms with Crippen LogP contribution in [0.15, 0.2) is 12.1 Å². The van der Waals surface area contributed by atoms with Gasteiger partial charge in [0.25, 0.3) is 5.91 Å². The van der Waals surface area contributed by atoms with E-state index in [0.717, 1.165) is 12.8 Å². The summed E-state index contributed by atoms with van der Waals surface area (Å²) in [6.45, 7) is 4.25. The van der Waals surface area contributed by atoms with Crippen molar-refractivity contribution in [2.24, 2.45) is 0 Å². The zero-order valence-electron chi connectivity index (χ0n) is 11.3. The minimum atomic E-state index is -0.182. The molecule has 3 N–H and O–H groups in total. The number of aromatic nitrogens is 1. The maximum absolute atomic E-state index is 12.5. The molecule has 0 saturated carbocycles. The lowest BCUT2D eigenvalue weighted by molar-refractivity contribution is 0.0622. The lowest BCUT2D eigenvalue weighted by Gasteiger charge is -2.30. The van der Waals surface area contributed by atoms with Crippen molar-refractivity contribution in [1.82, 2.24) is 9.88 Å². The van der Waals surface area contributed by atoms with Crippen LogP contribution in [0.25, 0.3) is 0 Å². The van der Waals surface area contributed by atoms with Crippen molar-refractivity contribution in [1.29, 1.82) is 0 Å². The van der Waals surface area contributed by atoms with Crippen LogP contribution < -0.4 is 5.73 Å². The first-order valence-electron chi connectivity index (χ1n) is 6.38. The fourth-order valence-corrected chi connectivity index (χ4v) is 2.31. The molecule has 0 fully saturated rings. The Bertz CT molecular complexity index is 416. The van der Waals surface area contributed by atoms with Crippen molar-refractivity contribution in [2.45, 2.75) is 32.7 Å². The first-order valence-corrected chi connectivity index (χ1v) is 6.76. The van der Waals surface area contributed by atoms with Gasteiger partial charge in [-0.2, -0.15) is 0 Å². The molecule has 0 aliphatic carbocycles. The molecule has 1 aromatic rings. The molecule has 6 heteroatoms. The Morgan fingerprint density at radius 3 is 2.58 bits per heavy atom. The van der Waals surface area contributed by atoms with Gasteiger partial charge >= 0.3 is 0 Å². The molecule has 1 amide bonds. The average Bonchev–Trinajstić information content (AvgIpc) is 2.37. The summed E-state index contributed by atoms with van der Waals surface area (Å²) >= 11 is 5.81. The molecule has 0 bridgehead atoms. The van der Waals surface area contributed by atoms with Crippen LogP contribution in [0.4, 0.5) is 5.82 Å². The molecular weight excluding hydrogens is 266 g/mol. The largest absolute Gasteiger partial charge is 0.395 e. The third kappa shape index (κ3) is 4.08. The highest BCUT2D eigenvalue weighted by molar-refractivity contribution is 6.29. The summed E-state index contributed by atoms with van der Waals surface area (Å²) in [5.41, 5.74) is 6.00. The van der Waals surface area contributed by atoms with Gasteiger partial charge in [-0.25, -0.2) is 4.98 Å². The molecule has 0 spiro atoms. The normalized spacial score (nSPS) is 10.8. The molecule has 1 heterocycles. The van der Waals surface area contributed by atoms with Gasteiger partial charge in [0.15, 0.2) is 0 Å². The molecule has 0 aliphatic heterocycles. The summed E-state index contributed by atoms with van der Waals surface area (Å²) in [4.78, 5) is 18.0. The van der Waals surface area contributed by atoms with Crippen LogP contribution in [0.3, 0.4) is 0 Å². The van der Waals surface area contributed by atoms with Gasteiger partial charge in [-0.3, -0.25) is 4.79 Å². The Labute approximate surface area is 118 Å². The molecule has 0 aromatic carbocycles. The van der Waals surface area contributed by atoms with E-state index in [2.05, 4.69) is 4.98 Å². The molecule has 5 nitrogen and oxygen atoms in total. The Morgan fingerprint density at radius 1 is 1.47 bits per heavy atom. The highest BCUT2D eigenvalue weighted by atomic mass is 35.5. The van der Waals surface area contributed by atoms with Crippen LogP contribution in [0.5, 0.6) is 0 Å². The standard InChI is InChI=1S/C13H20ClN3O2/c1-3-10(4-2)17(5-6-18)13(19)9-7-11(14)16-12(15)8-9/h7-8,10,18H,3-6H2,1-2H3,(H2,15,16). The minimum absolute atomic E-state index is 0.0729. The highest BCUT2D eigenvalue weighted by Gasteiger charge is 2.22. The van der Waals surface area contributed by atoms with Crippen LogP contribution >= 0.6 is 11.6 Å². The zero-order valence-corrected chi connectivity index (χ0v) is 12.0. The van der Waals surface area contributed by atoms with Crippen molar-refractivity contribution in [3.8, 4) is 0 Å². The SMILES string of the molecule is CCC(CC)N(CCO)C(=O)c1cc(N)nc(Cl)c1. The van der Waals surface area contributed by atoms with Gasteiger partial charge in [0.1, 0.15) is 11.0 Å². The number of aliphatic hydroxyl groups is 1. The second-order valence-electron chi connectivity index (χ2n) is 4.30. The van der Waals surface area contributed by atoms with Crippen molar-refractivity contribution < 1.29 is 9.90 Å². The molecular formula is C13H20ClN3O2. The third-order valence-electron chi connectivity index (χ3n) is 3.05. The lowest BCUT2D eigenvalue weighted by atomic mass is 10.1. The maximum atomic E-state index is 12.5. The quantitative estimate of drug-likeness (QED) is 0.783. The number of carbonyl (C=O) groups excluding carboxylic acids is 1. The van der Waals surface area contributed by atoms with Gasteiger partial charge in [-0.1, -0.05) is 25.4 Å². The van der Waals surface area contributed by atoms with E-state index in [4.69, 9.17) is 22.4 Å². The van der Waals surface area contributed by atoms with Crippen molar-refractivity contribution >= 4 is 23.3 Å². The predicted octanol–water partition coefficient (Wildman–Crippen LogP) is 1.94. The summed E-state index contributed by atoms with van der Waals surface area (Å²) in [7, 11) is 0. The van der Waals surface area contributed by atoms with Gasteiger partial charge in [-0.05, 0) is 25.0 Å². The van der Waals surface area contributed by atoms with Crippen LogP contribution in [-0.4, -0.2) is 40.1 Å². The second kappa shape index (κ2) is 7.31. The lowest BCUT2D eigenvalue weighted by Crippen LogP contribution is -2.41. The number of nitrogen functional groups attached to an aromatic ring is 1. The van der Waals surface area contributed by atoms with E-state index in [1.165, 1.54) is 12.1 Å².